The summed E-state index contributed by atoms with van der Waals surface area (Å²) in [7, 11) is 0. The molecule has 5 aromatic rings. The Morgan fingerprint density at radius 1 is 1.00 bits per heavy atom. The number of H-pyrrole nitrogens is 1. The van der Waals surface area contributed by atoms with E-state index in [4.69, 9.17) is 21.7 Å². The van der Waals surface area contributed by atoms with E-state index in [1.165, 1.54) is 17.3 Å². The van der Waals surface area contributed by atoms with Gasteiger partial charge < -0.3 is 9.88 Å². The summed E-state index contributed by atoms with van der Waals surface area (Å²) in [6.45, 7) is 5.19. The van der Waals surface area contributed by atoms with E-state index >= 15 is 0 Å². The minimum absolute atomic E-state index is 0.381. The number of fused-ring (bicyclic) bond motifs is 2. The van der Waals surface area contributed by atoms with Crippen molar-refractivity contribution in [3.8, 4) is 17.1 Å². The van der Waals surface area contributed by atoms with Crippen LogP contribution in [0.25, 0.3) is 28.0 Å². The summed E-state index contributed by atoms with van der Waals surface area (Å²) >= 11 is 6.46. The van der Waals surface area contributed by atoms with Crippen LogP contribution in [0.3, 0.4) is 0 Å². The number of hydrogen-bond acceptors (Lipinski definition) is 5. The van der Waals surface area contributed by atoms with Crippen molar-refractivity contribution < 1.29 is 13.2 Å². The Morgan fingerprint density at radius 2 is 1.77 bits per heavy atom. The molecule has 1 N–H and O–H groups in total. The standard InChI is InChI=1S/C28H25ClF3N7/c1-3-16-6-5-7-17(4-2)26(16)39-27(25-18-8-10-33-24(18)20(29)12-36-25)19-15-38(11-9-21(19)37-39)23-14-34-22(13-35-23)28(30,31)32/h5-8,10,12-14,33H,3-4,9,11,15H2,1-2H3. The number of benzene rings is 1. The maximum Gasteiger partial charge on any atom is 0.434 e. The molecule has 7 nitrogen and oxygen atoms in total. The highest BCUT2D eigenvalue weighted by atomic mass is 35.5. The quantitative estimate of drug-likeness (QED) is 0.267. The molecule has 200 valence electrons. The van der Waals surface area contributed by atoms with Crippen LogP contribution >= 0.6 is 11.6 Å². The summed E-state index contributed by atoms with van der Waals surface area (Å²) in [6, 6.07) is 8.25. The Hall–Kier alpha value is -3.92. The zero-order valence-corrected chi connectivity index (χ0v) is 22.1. The predicted octanol–water partition coefficient (Wildman–Crippen LogP) is 6.57. The maximum atomic E-state index is 13.1. The first-order valence-electron chi connectivity index (χ1n) is 12.8. The third kappa shape index (κ3) is 4.32. The average molecular weight is 552 g/mol. The second-order valence-electron chi connectivity index (χ2n) is 9.47. The molecule has 6 rings (SSSR count). The monoisotopic (exact) mass is 551 g/mol. The largest absolute Gasteiger partial charge is 0.434 e. The highest BCUT2D eigenvalue weighted by molar-refractivity contribution is 6.35. The number of hydrogen-bond donors (Lipinski definition) is 1. The minimum atomic E-state index is -4.54. The smallest absolute Gasteiger partial charge is 0.360 e. The second kappa shape index (κ2) is 9.68. The topological polar surface area (TPSA) is 75.5 Å². The van der Waals surface area contributed by atoms with Crippen LogP contribution in [-0.4, -0.2) is 36.3 Å². The van der Waals surface area contributed by atoms with Crippen molar-refractivity contribution in [2.75, 3.05) is 11.4 Å². The lowest BCUT2D eigenvalue weighted by Gasteiger charge is -2.27. The van der Waals surface area contributed by atoms with Gasteiger partial charge in [0.1, 0.15) is 5.82 Å². The van der Waals surface area contributed by atoms with Crippen LogP contribution in [0, 0.1) is 0 Å². The number of nitrogens with zero attached hydrogens (tertiary/aromatic N) is 6. The van der Waals surface area contributed by atoms with Gasteiger partial charge in [0.2, 0.25) is 0 Å². The number of aromatic nitrogens is 6. The van der Waals surface area contributed by atoms with Crippen LogP contribution in [0.4, 0.5) is 19.0 Å². The number of pyridine rings is 1. The third-order valence-corrected chi connectivity index (χ3v) is 7.52. The van der Waals surface area contributed by atoms with Gasteiger partial charge in [-0.15, -0.1) is 0 Å². The van der Waals surface area contributed by atoms with Crippen LogP contribution in [0.1, 0.15) is 41.9 Å². The summed E-state index contributed by atoms with van der Waals surface area (Å²) in [5.41, 5.74) is 6.59. The molecule has 5 heterocycles. The molecule has 1 aliphatic heterocycles. The van der Waals surface area contributed by atoms with Gasteiger partial charge >= 0.3 is 6.18 Å². The van der Waals surface area contributed by atoms with E-state index in [0.29, 0.717) is 30.4 Å². The van der Waals surface area contributed by atoms with Gasteiger partial charge in [0.25, 0.3) is 0 Å². The summed E-state index contributed by atoms with van der Waals surface area (Å²) in [6.07, 6.45) is 3.14. The van der Waals surface area contributed by atoms with Crippen LogP contribution < -0.4 is 4.90 Å². The van der Waals surface area contributed by atoms with Crippen molar-refractivity contribution in [2.24, 2.45) is 0 Å². The summed E-state index contributed by atoms with van der Waals surface area (Å²) < 4.78 is 41.2. The van der Waals surface area contributed by atoms with Gasteiger partial charge in [-0.2, -0.15) is 18.3 Å². The molecule has 1 aromatic carbocycles. The number of aryl methyl sites for hydroxylation is 2. The number of anilines is 1. The molecule has 1 aliphatic rings. The van der Waals surface area contributed by atoms with E-state index in [0.717, 1.165) is 58.3 Å². The van der Waals surface area contributed by atoms with Gasteiger partial charge in [0.15, 0.2) is 5.69 Å². The Labute approximate surface area is 227 Å². The number of rotatable bonds is 5. The normalized spacial score (nSPS) is 13.7. The first-order chi connectivity index (χ1) is 18.8. The van der Waals surface area contributed by atoms with E-state index in [-0.39, 0.29) is 0 Å². The zero-order valence-electron chi connectivity index (χ0n) is 21.3. The zero-order chi connectivity index (χ0) is 27.3. The number of halogens is 4. The summed E-state index contributed by atoms with van der Waals surface area (Å²) in [5, 5.41) is 6.51. The molecule has 11 heteroatoms. The fraction of sp³-hybridized carbons (Fsp3) is 0.286. The molecule has 4 aromatic heterocycles. The van der Waals surface area contributed by atoms with Crippen LogP contribution in [0.5, 0.6) is 0 Å². The third-order valence-electron chi connectivity index (χ3n) is 7.24. The number of aromatic amines is 1. The second-order valence-corrected chi connectivity index (χ2v) is 9.88. The lowest BCUT2D eigenvalue weighted by atomic mass is 10.00. The van der Waals surface area contributed by atoms with E-state index in [2.05, 4.69) is 47.0 Å². The Kier molecular flexibility index (Phi) is 6.29. The van der Waals surface area contributed by atoms with E-state index in [1.807, 2.05) is 21.8 Å². The van der Waals surface area contributed by atoms with Crippen molar-refractivity contribution in [3.05, 3.63) is 82.2 Å². The minimum Gasteiger partial charge on any atom is -0.360 e. The van der Waals surface area contributed by atoms with Crippen LogP contribution in [-0.2, 0) is 32.0 Å². The molecule has 39 heavy (non-hydrogen) atoms. The first-order valence-corrected chi connectivity index (χ1v) is 13.2. The number of nitrogens with one attached hydrogen (secondary N) is 1. The van der Waals surface area contributed by atoms with E-state index in [9.17, 15) is 13.2 Å². The van der Waals surface area contributed by atoms with Crippen LogP contribution in [0.15, 0.2) is 49.1 Å². The Balaban J connectivity index is 1.55. The van der Waals surface area contributed by atoms with Crippen molar-refractivity contribution in [2.45, 2.75) is 45.8 Å². The lowest BCUT2D eigenvalue weighted by molar-refractivity contribution is -0.141. The summed E-state index contributed by atoms with van der Waals surface area (Å²) in [5.74, 6) is 0.381. The molecular formula is C28H25ClF3N7. The first kappa shape index (κ1) is 25.4. The van der Waals surface area contributed by atoms with Crippen LogP contribution in [0.2, 0.25) is 5.02 Å². The van der Waals surface area contributed by atoms with Crippen molar-refractivity contribution >= 4 is 28.3 Å². The molecule has 0 atom stereocenters. The number of para-hydroxylation sites is 1. The van der Waals surface area contributed by atoms with Gasteiger partial charge in [-0.25, -0.2) is 14.6 Å². The molecule has 0 saturated heterocycles. The molecule has 0 saturated carbocycles. The maximum absolute atomic E-state index is 13.1. The van der Waals surface area contributed by atoms with Gasteiger partial charge in [0, 0.05) is 42.9 Å². The highest BCUT2D eigenvalue weighted by Crippen LogP contribution is 2.39. The lowest BCUT2D eigenvalue weighted by Crippen LogP contribution is -2.31. The molecular weight excluding hydrogens is 527 g/mol. The summed E-state index contributed by atoms with van der Waals surface area (Å²) in [4.78, 5) is 17.6. The van der Waals surface area contributed by atoms with Crippen molar-refractivity contribution in [1.82, 2.24) is 29.7 Å². The molecule has 0 aliphatic carbocycles. The SMILES string of the molecule is CCc1cccc(CC)c1-n1nc2c(c1-c1ncc(Cl)c3[nH]ccc13)CN(c1cnc(C(F)(F)F)cn1)CC2. The fourth-order valence-corrected chi connectivity index (χ4v) is 5.51. The molecule has 0 unspecified atom stereocenters. The Morgan fingerprint density at radius 3 is 2.44 bits per heavy atom. The van der Waals surface area contributed by atoms with Gasteiger partial charge in [-0.1, -0.05) is 43.6 Å². The van der Waals surface area contributed by atoms with Crippen molar-refractivity contribution in [3.63, 3.8) is 0 Å². The van der Waals surface area contributed by atoms with E-state index in [1.54, 1.807) is 6.20 Å². The molecule has 0 bridgehead atoms. The average Bonchev–Trinajstić information content (AvgIpc) is 3.58. The highest BCUT2D eigenvalue weighted by Gasteiger charge is 2.34. The molecule has 0 spiro atoms. The van der Waals surface area contributed by atoms with Gasteiger partial charge in [0.05, 0.1) is 45.7 Å². The van der Waals surface area contributed by atoms with Gasteiger partial charge in [-0.05, 0) is 30.0 Å². The molecule has 0 amide bonds. The fourth-order valence-electron chi connectivity index (χ4n) is 5.30. The van der Waals surface area contributed by atoms with E-state index < -0.39 is 11.9 Å². The Bertz CT molecular complexity index is 1650. The molecule has 0 radical (unpaired) electrons. The predicted molar refractivity (Wildman–Crippen MR) is 144 cm³/mol. The van der Waals surface area contributed by atoms with Crippen molar-refractivity contribution in [1.29, 1.82) is 0 Å². The number of alkyl halides is 3. The van der Waals surface area contributed by atoms with Gasteiger partial charge in [-0.3, -0.25) is 4.98 Å². The molecule has 0 fully saturated rings.